The van der Waals surface area contributed by atoms with E-state index in [0.717, 1.165) is 23.7 Å². The molecule has 1 saturated heterocycles. The molecule has 0 atom stereocenters. The molecule has 7 nitrogen and oxygen atoms in total. The van der Waals surface area contributed by atoms with Crippen molar-refractivity contribution in [1.29, 1.82) is 0 Å². The fourth-order valence-electron chi connectivity index (χ4n) is 6.43. The van der Waals surface area contributed by atoms with Gasteiger partial charge in [-0.1, -0.05) is 54.6 Å². The van der Waals surface area contributed by atoms with Gasteiger partial charge in [-0.15, -0.1) is 0 Å². The summed E-state index contributed by atoms with van der Waals surface area (Å²) in [6, 6.07) is 19.8. The Morgan fingerprint density at radius 3 is 2.28 bits per heavy atom. The number of anilines is 1. The normalized spacial score (nSPS) is 23.5. The van der Waals surface area contributed by atoms with Crippen molar-refractivity contribution in [2.45, 2.75) is 57.6 Å². The first-order chi connectivity index (χ1) is 18.9. The summed E-state index contributed by atoms with van der Waals surface area (Å²) in [6.07, 6.45) is 6.60. The molecule has 0 unspecified atom stereocenters. The van der Waals surface area contributed by atoms with Crippen molar-refractivity contribution >= 4 is 17.2 Å². The zero-order valence-electron chi connectivity index (χ0n) is 23.2. The zero-order chi connectivity index (χ0) is 26.8. The number of benzene rings is 2. The molecule has 6 rings (SSSR count). The van der Waals surface area contributed by atoms with Crippen molar-refractivity contribution < 1.29 is 4.74 Å². The third kappa shape index (κ3) is 5.85. The monoisotopic (exact) mass is 524 g/mol. The summed E-state index contributed by atoms with van der Waals surface area (Å²) < 4.78 is 6.15. The average Bonchev–Trinajstić information content (AvgIpc) is 2.95. The van der Waals surface area contributed by atoms with Crippen LogP contribution in [0.2, 0.25) is 0 Å². The van der Waals surface area contributed by atoms with Gasteiger partial charge >= 0.3 is 0 Å². The van der Waals surface area contributed by atoms with Crippen molar-refractivity contribution in [2.24, 2.45) is 10.9 Å². The number of aromatic nitrogens is 2. The molecular weight excluding hydrogens is 484 g/mol. The minimum Gasteiger partial charge on any atom is -0.463 e. The predicted octanol–water partition coefficient (Wildman–Crippen LogP) is 5.44. The molecule has 204 valence electrons. The minimum absolute atomic E-state index is 0.343. The van der Waals surface area contributed by atoms with Crippen molar-refractivity contribution in [3.63, 3.8) is 0 Å². The Morgan fingerprint density at radius 2 is 1.56 bits per heavy atom. The van der Waals surface area contributed by atoms with Crippen molar-refractivity contribution in [3.05, 3.63) is 77.6 Å². The minimum atomic E-state index is -0.597. The molecule has 2 fully saturated rings. The fraction of sp³-hybridized carbons (Fsp3) is 0.469. The largest absolute Gasteiger partial charge is 0.463 e. The Hall–Kier alpha value is -3.29. The van der Waals surface area contributed by atoms with Crippen molar-refractivity contribution in [2.75, 3.05) is 38.5 Å². The van der Waals surface area contributed by atoms with Gasteiger partial charge in [0.2, 0.25) is 5.88 Å². The van der Waals surface area contributed by atoms with Gasteiger partial charge in [-0.05, 0) is 62.5 Å². The number of fused-ring (bicyclic) bond motifs is 1. The molecule has 0 radical (unpaired) electrons. The quantitative estimate of drug-likeness (QED) is 0.462. The first-order valence-corrected chi connectivity index (χ1v) is 14.4. The maximum absolute atomic E-state index is 6.15. The van der Waals surface area contributed by atoms with E-state index in [4.69, 9.17) is 15.5 Å². The van der Waals surface area contributed by atoms with E-state index in [1.807, 2.05) is 13.8 Å². The number of hydrogen-bond acceptors (Lipinski definition) is 7. The lowest BCUT2D eigenvalue weighted by atomic mass is 9.78. The van der Waals surface area contributed by atoms with Crippen molar-refractivity contribution in [1.82, 2.24) is 19.8 Å². The molecule has 0 spiro atoms. The van der Waals surface area contributed by atoms with E-state index < -0.39 is 5.60 Å². The Kier molecular flexibility index (Phi) is 7.36. The van der Waals surface area contributed by atoms with Crippen LogP contribution in [0.4, 0.5) is 11.5 Å². The van der Waals surface area contributed by atoms with Gasteiger partial charge in [0.1, 0.15) is 11.9 Å². The van der Waals surface area contributed by atoms with Gasteiger partial charge in [-0.3, -0.25) is 4.90 Å². The summed E-state index contributed by atoms with van der Waals surface area (Å²) in [5.74, 6) is 2.25. The second-order valence-electron chi connectivity index (χ2n) is 11.9. The van der Waals surface area contributed by atoms with Crippen LogP contribution in [0, 0.1) is 5.92 Å². The molecule has 1 aromatic heterocycles. The first kappa shape index (κ1) is 26.0. The molecule has 1 aliphatic carbocycles. The van der Waals surface area contributed by atoms with Gasteiger partial charge < -0.3 is 15.4 Å². The Balaban J connectivity index is 1.01. The Morgan fingerprint density at radius 1 is 0.872 bits per heavy atom. The van der Waals surface area contributed by atoms with E-state index in [9.17, 15) is 0 Å². The van der Waals surface area contributed by atoms with E-state index in [1.54, 1.807) is 0 Å². The lowest BCUT2D eigenvalue weighted by Crippen LogP contribution is -2.47. The standard InChI is InChI=1S/C32H40N6O/c1-32(2)29(36-28-30(33)34-22-35-31(28)39-32)27-14-12-26(13-15-27)25-10-8-24(9-11-25)21-38-18-16-37(17-19-38)20-23-6-4-3-5-7-23/h3-7,12-15,22,24-25H,8-11,16-21H2,1-2H3,(H2,33,34,35)/t24-,25-. The van der Waals surface area contributed by atoms with Crippen LogP contribution < -0.4 is 10.5 Å². The second-order valence-corrected chi connectivity index (χ2v) is 11.9. The number of nitrogens with two attached hydrogens (primary N) is 1. The van der Waals surface area contributed by atoms with Gasteiger partial charge in [-0.25, -0.2) is 9.98 Å². The molecule has 2 aromatic carbocycles. The number of nitrogens with zero attached hydrogens (tertiary/aromatic N) is 5. The predicted molar refractivity (Wildman–Crippen MR) is 157 cm³/mol. The van der Waals surface area contributed by atoms with Crippen LogP contribution in [0.25, 0.3) is 0 Å². The van der Waals surface area contributed by atoms with E-state index in [2.05, 4.69) is 74.4 Å². The van der Waals surface area contributed by atoms with Crippen LogP contribution in [-0.4, -0.2) is 63.8 Å². The summed E-state index contributed by atoms with van der Waals surface area (Å²) in [6.45, 7) is 11.1. The lowest BCUT2D eigenvalue weighted by molar-refractivity contribution is 0.104. The summed E-state index contributed by atoms with van der Waals surface area (Å²) in [7, 11) is 0. The van der Waals surface area contributed by atoms with E-state index in [1.165, 1.54) is 75.9 Å². The SMILES string of the molecule is CC1(C)Oc2ncnc(N)c2N=C1c1ccc([C@H]2CC[C@H](CN3CCN(Cc4ccccc4)CC3)CC2)cc1. The average molecular weight is 525 g/mol. The molecule has 2 aliphatic heterocycles. The zero-order valence-corrected chi connectivity index (χ0v) is 23.2. The van der Waals surface area contributed by atoms with E-state index in [-0.39, 0.29) is 0 Å². The fourth-order valence-corrected chi connectivity index (χ4v) is 6.43. The summed E-state index contributed by atoms with van der Waals surface area (Å²) in [5, 5.41) is 0. The number of piperazine rings is 1. The molecule has 7 heteroatoms. The summed E-state index contributed by atoms with van der Waals surface area (Å²) in [4.78, 5) is 18.4. The van der Waals surface area contributed by atoms with Crippen LogP contribution in [-0.2, 0) is 6.54 Å². The number of hydrogen-bond donors (Lipinski definition) is 1. The second kappa shape index (κ2) is 11.1. The Labute approximate surface area is 232 Å². The maximum atomic E-state index is 6.15. The maximum Gasteiger partial charge on any atom is 0.246 e. The van der Waals surface area contributed by atoms with Gasteiger partial charge in [0.25, 0.3) is 0 Å². The Bertz CT molecular complexity index is 1290. The van der Waals surface area contributed by atoms with Gasteiger partial charge in [0, 0.05) is 44.8 Å². The van der Waals surface area contributed by atoms with Crippen molar-refractivity contribution in [3.8, 4) is 5.88 Å². The molecule has 3 aromatic rings. The third-order valence-corrected chi connectivity index (χ3v) is 8.70. The molecule has 1 saturated carbocycles. The highest BCUT2D eigenvalue weighted by Crippen LogP contribution is 2.40. The topological polar surface area (TPSA) is 79.9 Å². The number of ether oxygens (including phenoxy) is 1. The van der Waals surface area contributed by atoms with Crippen LogP contribution >= 0.6 is 0 Å². The highest BCUT2D eigenvalue weighted by atomic mass is 16.5. The molecular formula is C32H40N6O. The summed E-state index contributed by atoms with van der Waals surface area (Å²) in [5.41, 5.74) is 10.7. The third-order valence-electron chi connectivity index (χ3n) is 8.70. The molecule has 3 heterocycles. The van der Waals surface area contributed by atoms with Gasteiger partial charge in [0.15, 0.2) is 11.5 Å². The van der Waals surface area contributed by atoms with Crippen LogP contribution in [0.1, 0.15) is 62.1 Å². The number of aliphatic imine (C=N–C) groups is 1. The highest BCUT2D eigenvalue weighted by molar-refractivity contribution is 6.09. The lowest BCUT2D eigenvalue weighted by Gasteiger charge is -2.38. The molecule has 0 amide bonds. The van der Waals surface area contributed by atoms with Gasteiger partial charge in [0.05, 0.1) is 5.71 Å². The molecule has 3 aliphatic rings. The van der Waals surface area contributed by atoms with Crippen LogP contribution in [0.3, 0.4) is 0 Å². The highest BCUT2D eigenvalue weighted by Gasteiger charge is 2.35. The van der Waals surface area contributed by atoms with E-state index in [0.29, 0.717) is 23.3 Å². The number of rotatable bonds is 6. The van der Waals surface area contributed by atoms with Gasteiger partial charge in [-0.2, -0.15) is 4.98 Å². The molecule has 39 heavy (non-hydrogen) atoms. The van der Waals surface area contributed by atoms with E-state index >= 15 is 0 Å². The molecule has 0 bridgehead atoms. The molecule has 2 N–H and O–H groups in total. The van der Waals surface area contributed by atoms with Crippen LogP contribution in [0.15, 0.2) is 65.9 Å². The number of nitrogen functional groups attached to an aromatic ring is 1. The van der Waals surface area contributed by atoms with Crippen LogP contribution in [0.5, 0.6) is 5.88 Å². The first-order valence-electron chi connectivity index (χ1n) is 14.4. The summed E-state index contributed by atoms with van der Waals surface area (Å²) >= 11 is 0. The smallest absolute Gasteiger partial charge is 0.246 e.